The van der Waals surface area contributed by atoms with Crippen LogP contribution in [0, 0.1) is 27.7 Å². The van der Waals surface area contributed by atoms with E-state index in [9.17, 15) is 4.79 Å². The molecular formula is C17H18O3. The molecule has 20 heavy (non-hydrogen) atoms. The molecule has 0 bridgehead atoms. The van der Waals surface area contributed by atoms with Crippen molar-refractivity contribution in [1.82, 2.24) is 0 Å². The molecule has 3 nitrogen and oxygen atoms in total. The summed E-state index contributed by atoms with van der Waals surface area (Å²) in [4.78, 5) is 11.9. The Balaban J connectivity index is 2.13. The first-order chi connectivity index (χ1) is 9.45. The fourth-order valence-corrected chi connectivity index (χ4v) is 1.83. The molecule has 0 amide bonds. The van der Waals surface area contributed by atoms with Gasteiger partial charge in [-0.15, -0.1) is 0 Å². The average Bonchev–Trinajstić information content (AvgIpc) is 2.38. The van der Waals surface area contributed by atoms with E-state index in [1.165, 1.54) is 0 Å². The first-order valence-corrected chi connectivity index (χ1v) is 6.50. The van der Waals surface area contributed by atoms with Gasteiger partial charge in [0.25, 0.3) is 0 Å². The number of aryl methyl sites for hydroxylation is 4. The predicted octanol–water partition coefficient (Wildman–Crippen LogP) is 4.50. The van der Waals surface area contributed by atoms with Gasteiger partial charge in [-0.25, -0.2) is 4.79 Å². The first-order valence-electron chi connectivity index (χ1n) is 6.50. The van der Waals surface area contributed by atoms with E-state index in [1.807, 2.05) is 64.1 Å². The molecule has 0 spiro atoms. The van der Waals surface area contributed by atoms with E-state index in [2.05, 4.69) is 0 Å². The summed E-state index contributed by atoms with van der Waals surface area (Å²) in [5, 5.41) is 0. The summed E-state index contributed by atoms with van der Waals surface area (Å²) in [5.41, 5.74) is 3.86. The van der Waals surface area contributed by atoms with Crippen LogP contribution in [0.25, 0.3) is 0 Å². The van der Waals surface area contributed by atoms with Crippen LogP contribution in [0.5, 0.6) is 11.5 Å². The number of rotatable bonds is 2. The summed E-state index contributed by atoms with van der Waals surface area (Å²) >= 11 is 0. The summed E-state index contributed by atoms with van der Waals surface area (Å²) in [7, 11) is 0. The molecule has 0 saturated carbocycles. The smallest absolute Gasteiger partial charge is 0.394 e. The van der Waals surface area contributed by atoms with Crippen LogP contribution in [0.4, 0.5) is 4.79 Å². The fraction of sp³-hybridized carbons (Fsp3) is 0.235. The highest BCUT2D eigenvalue weighted by Gasteiger charge is 2.11. The largest absolute Gasteiger partial charge is 0.519 e. The van der Waals surface area contributed by atoms with Gasteiger partial charge in [-0.2, -0.15) is 0 Å². The number of ether oxygens (including phenoxy) is 2. The van der Waals surface area contributed by atoms with Crippen molar-refractivity contribution in [2.45, 2.75) is 27.7 Å². The Morgan fingerprint density at radius 3 is 1.55 bits per heavy atom. The maximum Gasteiger partial charge on any atom is 0.519 e. The van der Waals surface area contributed by atoms with Crippen LogP contribution in [0.15, 0.2) is 36.4 Å². The third-order valence-electron chi connectivity index (χ3n) is 3.07. The van der Waals surface area contributed by atoms with Crippen LogP contribution in [-0.4, -0.2) is 6.16 Å². The summed E-state index contributed by atoms with van der Waals surface area (Å²) in [6, 6.07) is 11.4. The number of hydrogen-bond acceptors (Lipinski definition) is 3. The highest BCUT2D eigenvalue weighted by molar-refractivity contribution is 5.68. The number of carbonyl (C=O) groups excluding carboxylic acids is 1. The van der Waals surface area contributed by atoms with Gasteiger partial charge in [0.1, 0.15) is 11.5 Å². The molecule has 0 atom stereocenters. The van der Waals surface area contributed by atoms with Gasteiger partial charge in [-0.1, -0.05) is 24.3 Å². The summed E-state index contributed by atoms with van der Waals surface area (Å²) in [5.74, 6) is 1.06. The Bertz CT molecular complexity index is 589. The van der Waals surface area contributed by atoms with Crippen molar-refractivity contribution in [2.24, 2.45) is 0 Å². The number of carbonyl (C=O) groups is 1. The molecule has 0 aliphatic rings. The van der Waals surface area contributed by atoms with Crippen LogP contribution in [-0.2, 0) is 0 Å². The van der Waals surface area contributed by atoms with Crippen LogP contribution in [0.3, 0.4) is 0 Å². The quantitative estimate of drug-likeness (QED) is 0.595. The SMILES string of the molecule is Cc1ccc(C)c(OC(=O)Oc2cc(C)ccc2C)c1. The van der Waals surface area contributed by atoms with Gasteiger partial charge in [0.05, 0.1) is 0 Å². The Hall–Kier alpha value is -2.29. The number of benzene rings is 2. The molecule has 2 aromatic rings. The first kappa shape index (κ1) is 14.1. The fourth-order valence-electron chi connectivity index (χ4n) is 1.83. The Morgan fingerprint density at radius 2 is 1.15 bits per heavy atom. The lowest BCUT2D eigenvalue weighted by Gasteiger charge is -2.10. The molecule has 2 aromatic carbocycles. The monoisotopic (exact) mass is 270 g/mol. The third kappa shape index (κ3) is 3.38. The van der Waals surface area contributed by atoms with Crippen LogP contribution >= 0.6 is 0 Å². The van der Waals surface area contributed by atoms with Gasteiger partial charge in [-0.05, 0) is 62.1 Å². The van der Waals surface area contributed by atoms with E-state index < -0.39 is 6.16 Å². The molecule has 0 aliphatic carbocycles. The minimum atomic E-state index is -0.715. The molecule has 0 radical (unpaired) electrons. The minimum Gasteiger partial charge on any atom is -0.394 e. The topological polar surface area (TPSA) is 35.5 Å². The van der Waals surface area contributed by atoms with E-state index in [-0.39, 0.29) is 0 Å². The highest BCUT2D eigenvalue weighted by Crippen LogP contribution is 2.22. The molecule has 0 N–H and O–H groups in total. The van der Waals surface area contributed by atoms with E-state index in [1.54, 1.807) is 0 Å². The molecule has 0 aliphatic heterocycles. The maximum absolute atomic E-state index is 11.9. The second kappa shape index (κ2) is 5.78. The summed E-state index contributed by atoms with van der Waals surface area (Å²) < 4.78 is 10.5. The third-order valence-corrected chi connectivity index (χ3v) is 3.07. The zero-order valence-electron chi connectivity index (χ0n) is 12.2. The van der Waals surface area contributed by atoms with Crippen molar-refractivity contribution in [3.63, 3.8) is 0 Å². The van der Waals surface area contributed by atoms with Gasteiger partial charge in [0.2, 0.25) is 0 Å². The van der Waals surface area contributed by atoms with Crippen molar-refractivity contribution in [2.75, 3.05) is 0 Å². The van der Waals surface area contributed by atoms with Crippen molar-refractivity contribution < 1.29 is 14.3 Å². The molecule has 0 aromatic heterocycles. The van der Waals surface area contributed by atoms with E-state index in [0.717, 1.165) is 22.3 Å². The minimum absolute atomic E-state index is 0.528. The standard InChI is InChI=1S/C17H18O3/c1-11-5-7-13(3)15(9-11)19-17(18)20-16-10-12(2)6-8-14(16)4/h5-10H,1-4H3. The molecular weight excluding hydrogens is 252 g/mol. The van der Waals surface area contributed by atoms with E-state index in [0.29, 0.717) is 11.5 Å². The molecule has 3 heteroatoms. The Kier molecular flexibility index (Phi) is 4.08. The predicted molar refractivity (Wildman–Crippen MR) is 78.5 cm³/mol. The lowest BCUT2D eigenvalue weighted by molar-refractivity contribution is 0.151. The van der Waals surface area contributed by atoms with Crippen LogP contribution < -0.4 is 9.47 Å². The van der Waals surface area contributed by atoms with Gasteiger partial charge in [0.15, 0.2) is 0 Å². The van der Waals surface area contributed by atoms with Crippen molar-refractivity contribution >= 4 is 6.16 Å². The molecule has 2 rings (SSSR count). The normalized spacial score (nSPS) is 10.2. The Labute approximate surface area is 119 Å². The molecule has 0 saturated heterocycles. The van der Waals surface area contributed by atoms with Crippen molar-refractivity contribution in [3.05, 3.63) is 58.7 Å². The highest BCUT2D eigenvalue weighted by atomic mass is 16.7. The summed E-state index contributed by atoms with van der Waals surface area (Å²) in [6.07, 6.45) is -0.715. The lowest BCUT2D eigenvalue weighted by atomic mass is 10.1. The van der Waals surface area contributed by atoms with Crippen LogP contribution in [0.1, 0.15) is 22.3 Å². The second-order valence-corrected chi connectivity index (χ2v) is 4.99. The average molecular weight is 270 g/mol. The zero-order chi connectivity index (χ0) is 14.7. The lowest BCUT2D eigenvalue weighted by Crippen LogP contribution is -2.15. The molecule has 0 heterocycles. The number of hydrogen-bond donors (Lipinski definition) is 0. The Morgan fingerprint density at radius 1 is 0.750 bits per heavy atom. The van der Waals surface area contributed by atoms with Gasteiger partial charge in [0, 0.05) is 0 Å². The second-order valence-electron chi connectivity index (χ2n) is 4.99. The maximum atomic E-state index is 11.9. The van der Waals surface area contributed by atoms with Gasteiger partial charge >= 0.3 is 6.16 Å². The zero-order valence-corrected chi connectivity index (χ0v) is 12.2. The molecule has 0 fully saturated rings. The van der Waals surface area contributed by atoms with Gasteiger partial charge in [-0.3, -0.25) is 0 Å². The van der Waals surface area contributed by atoms with Crippen molar-refractivity contribution in [3.8, 4) is 11.5 Å². The van der Waals surface area contributed by atoms with E-state index >= 15 is 0 Å². The van der Waals surface area contributed by atoms with Crippen molar-refractivity contribution in [1.29, 1.82) is 0 Å². The van der Waals surface area contributed by atoms with Gasteiger partial charge < -0.3 is 9.47 Å². The molecule has 104 valence electrons. The molecule has 0 unspecified atom stereocenters. The van der Waals surface area contributed by atoms with Crippen LogP contribution in [0.2, 0.25) is 0 Å². The summed E-state index contributed by atoms with van der Waals surface area (Å²) in [6.45, 7) is 7.67. The van der Waals surface area contributed by atoms with E-state index in [4.69, 9.17) is 9.47 Å².